The summed E-state index contributed by atoms with van der Waals surface area (Å²) < 4.78 is 0. The number of rotatable bonds is 8. The van der Waals surface area contributed by atoms with E-state index in [0.29, 0.717) is 13.0 Å². The van der Waals surface area contributed by atoms with Crippen molar-refractivity contribution in [2.24, 2.45) is 0 Å². The van der Waals surface area contributed by atoms with Crippen LogP contribution in [0.25, 0.3) is 0 Å². The average molecular weight is 320 g/mol. The van der Waals surface area contributed by atoms with Gasteiger partial charge in [0.1, 0.15) is 0 Å². The molecule has 1 aromatic carbocycles. The third-order valence-corrected chi connectivity index (χ3v) is 3.88. The van der Waals surface area contributed by atoms with Crippen LogP contribution in [0.3, 0.4) is 0 Å². The Kier molecular flexibility index (Phi) is 7.23. The molecular formula is C19H32N2O2. The van der Waals surface area contributed by atoms with Crippen molar-refractivity contribution in [1.29, 1.82) is 0 Å². The molecule has 0 unspecified atom stereocenters. The quantitative estimate of drug-likeness (QED) is 0.771. The molecule has 2 N–H and O–H groups in total. The second kappa shape index (κ2) is 8.46. The number of carbonyl (C=O) groups excluding carboxylic acids is 1. The molecule has 0 spiro atoms. The maximum atomic E-state index is 12.2. The summed E-state index contributed by atoms with van der Waals surface area (Å²) in [5.41, 5.74) is 3.66. The van der Waals surface area contributed by atoms with Crippen LogP contribution >= 0.6 is 0 Å². The van der Waals surface area contributed by atoms with E-state index in [-0.39, 0.29) is 5.91 Å². The van der Waals surface area contributed by atoms with Crippen LogP contribution in [0.5, 0.6) is 0 Å². The summed E-state index contributed by atoms with van der Waals surface area (Å²) in [5.74, 6) is 0.0550. The molecule has 0 aliphatic carbocycles. The highest BCUT2D eigenvalue weighted by atomic mass is 16.3. The standard InChI is InChI=1S/C19H32N2O2/c1-7-21(13-19(5,6)23)10-8-9-17(22)20-18-15(3)11-14(2)12-16(18)4/h11-12,23H,7-10,13H2,1-6H3,(H,20,22). The van der Waals surface area contributed by atoms with E-state index >= 15 is 0 Å². The summed E-state index contributed by atoms with van der Waals surface area (Å²) in [6.45, 7) is 14.1. The molecule has 4 heteroatoms. The molecule has 0 saturated carbocycles. The molecule has 0 aliphatic heterocycles. The Bertz CT molecular complexity index is 510. The summed E-state index contributed by atoms with van der Waals surface area (Å²) in [5, 5.41) is 12.9. The Hall–Kier alpha value is -1.39. The van der Waals surface area contributed by atoms with Gasteiger partial charge in [0.25, 0.3) is 0 Å². The smallest absolute Gasteiger partial charge is 0.224 e. The topological polar surface area (TPSA) is 52.6 Å². The SMILES string of the molecule is CCN(CCCC(=O)Nc1c(C)cc(C)cc1C)CC(C)(C)O. The van der Waals surface area contributed by atoms with Crippen LogP contribution in [0, 0.1) is 20.8 Å². The lowest BCUT2D eigenvalue weighted by Gasteiger charge is -2.27. The van der Waals surface area contributed by atoms with Gasteiger partial charge in [-0.1, -0.05) is 24.6 Å². The summed E-state index contributed by atoms with van der Waals surface area (Å²) >= 11 is 0. The fraction of sp³-hybridized carbons (Fsp3) is 0.632. The maximum absolute atomic E-state index is 12.2. The molecule has 0 bridgehead atoms. The fourth-order valence-corrected chi connectivity index (χ4v) is 2.94. The number of anilines is 1. The number of benzene rings is 1. The number of likely N-dealkylation sites (N-methyl/N-ethyl adjacent to an activating group) is 1. The molecular weight excluding hydrogens is 288 g/mol. The zero-order valence-corrected chi connectivity index (χ0v) is 15.5. The van der Waals surface area contributed by atoms with Crippen LogP contribution in [-0.2, 0) is 4.79 Å². The molecule has 0 aliphatic rings. The monoisotopic (exact) mass is 320 g/mol. The van der Waals surface area contributed by atoms with Crippen LogP contribution in [0.1, 0.15) is 50.3 Å². The van der Waals surface area contributed by atoms with Crippen molar-refractivity contribution in [3.63, 3.8) is 0 Å². The highest BCUT2D eigenvalue weighted by molar-refractivity contribution is 5.92. The lowest BCUT2D eigenvalue weighted by Crippen LogP contribution is -2.39. The number of nitrogens with zero attached hydrogens (tertiary/aromatic N) is 1. The van der Waals surface area contributed by atoms with Crippen molar-refractivity contribution < 1.29 is 9.90 Å². The van der Waals surface area contributed by atoms with E-state index in [2.05, 4.69) is 36.2 Å². The van der Waals surface area contributed by atoms with Gasteiger partial charge in [0.15, 0.2) is 0 Å². The zero-order chi connectivity index (χ0) is 17.6. The molecule has 0 heterocycles. The van der Waals surface area contributed by atoms with Crippen molar-refractivity contribution in [3.8, 4) is 0 Å². The Labute approximate surface area is 140 Å². The molecule has 0 saturated heterocycles. The minimum absolute atomic E-state index is 0.0550. The van der Waals surface area contributed by atoms with Gasteiger partial charge in [-0.25, -0.2) is 0 Å². The van der Waals surface area contributed by atoms with Crippen molar-refractivity contribution in [2.45, 2.75) is 60.0 Å². The summed E-state index contributed by atoms with van der Waals surface area (Å²) in [4.78, 5) is 14.4. The van der Waals surface area contributed by atoms with Gasteiger partial charge in [-0.15, -0.1) is 0 Å². The number of nitrogens with one attached hydrogen (secondary N) is 1. The van der Waals surface area contributed by atoms with Crippen LogP contribution in [-0.4, -0.2) is 41.1 Å². The summed E-state index contributed by atoms with van der Waals surface area (Å²) in [6, 6.07) is 4.18. The van der Waals surface area contributed by atoms with Gasteiger partial charge in [-0.2, -0.15) is 0 Å². The first-order valence-electron chi connectivity index (χ1n) is 8.45. The average Bonchev–Trinajstić information content (AvgIpc) is 2.40. The zero-order valence-electron chi connectivity index (χ0n) is 15.5. The number of amides is 1. The van der Waals surface area contributed by atoms with E-state index in [1.807, 2.05) is 27.7 Å². The lowest BCUT2D eigenvalue weighted by atomic mass is 10.0. The molecule has 0 aromatic heterocycles. The van der Waals surface area contributed by atoms with Crippen LogP contribution in [0.4, 0.5) is 5.69 Å². The van der Waals surface area contributed by atoms with E-state index < -0.39 is 5.60 Å². The van der Waals surface area contributed by atoms with Gasteiger partial charge in [0.2, 0.25) is 5.91 Å². The Morgan fingerprint density at radius 2 is 1.78 bits per heavy atom. The normalized spacial score (nSPS) is 11.8. The van der Waals surface area contributed by atoms with Gasteiger partial charge >= 0.3 is 0 Å². The molecule has 23 heavy (non-hydrogen) atoms. The second-order valence-electron chi connectivity index (χ2n) is 7.11. The van der Waals surface area contributed by atoms with Crippen molar-refractivity contribution >= 4 is 11.6 Å². The molecule has 0 fully saturated rings. The Morgan fingerprint density at radius 1 is 1.22 bits per heavy atom. The first-order chi connectivity index (χ1) is 10.6. The Morgan fingerprint density at radius 3 is 2.26 bits per heavy atom. The lowest BCUT2D eigenvalue weighted by molar-refractivity contribution is -0.116. The highest BCUT2D eigenvalue weighted by Gasteiger charge is 2.17. The molecule has 1 rings (SSSR count). The molecule has 1 amide bonds. The minimum atomic E-state index is -0.700. The van der Waals surface area contributed by atoms with Gasteiger partial charge < -0.3 is 15.3 Å². The summed E-state index contributed by atoms with van der Waals surface area (Å²) in [7, 11) is 0. The number of aliphatic hydroxyl groups is 1. The molecule has 130 valence electrons. The molecule has 4 nitrogen and oxygen atoms in total. The van der Waals surface area contributed by atoms with Crippen molar-refractivity contribution in [1.82, 2.24) is 4.90 Å². The number of carbonyl (C=O) groups is 1. The van der Waals surface area contributed by atoms with Gasteiger partial charge in [-0.05, 0) is 65.3 Å². The largest absolute Gasteiger partial charge is 0.389 e. The number of hydrogen-bond donors (Lipinski definition) is 2. The van der Waals surface area contributed by atoms with E-state index in [0.717, 1.165) is 36.3 Å². The third kappa shape index (κ3) is 7.14. The molecule has 0 radical (unpaired) electrons. The van der Waals surface area contributed by atoms with Gasteiger partial charge in [0, 0.05) is 18.7 Å². The number of hydrogen-bond acceptors (Lipinski definition) is 3. The summed E-state index contributed by atoms with van der Waals surface area (Å²) in [6.07, 6.45) is 1.29. The van der Waals surface area contributed by atoms with Crippen molar-refractivity contribution in [2.75, 3.05) is 25.0 Å². The first-order valence-corrected chi connectivity index (χ1v) is 8.45. The highest BCUT2D eigenvalue weighted by Crippen LogP contribution is 2.22. The maximum Gasteiger partial charge on any atom is 0.224 e. The third-order valence-electron chi connectivity index (χ3n) is 3.88. The van der Waals surface area contributed by atoms with E-state index in [1.54, 1.807) is 0 Å². The minimum Gasteiger partial charge on any atom is -0.389 e. The van der Waals surface area contributed by atoms with Crippen molar-refractivity contribution in [3.05, 3.63) is 28.8 Å². The molecule has 0 atom stereocenters. The number of aryl methyl sites for hydroxylation is 3. The fourth-order valence-electron chi connectivity index (χ4n) is 2.94. The first kappa shape index (κ1) is 19.7. The van der Waals surface area contributed by atoms with Crippen LogP contribution in [0.2, 0.25) is 0 Å². The predicted molar refractivity (Wildman–Crippen MR) is 96.9 cm³/mol. The van der Waals surface area contributed by atoms with Gasteiger partial charge in [-0.3, -0.25) is 4.79 Å². The molecule has 1 aromatic rings. The van der Waals surface area contributed by atoms with Gasteiger partial charge in [0.05, 0.1) is 5.60 Å². The van der Waals surface area contributed by atoms with E-state index in [9.17, 15) is 9.90 Å². The van der Waals surface area contributed by atoms with E-state index in [1.165, 1.54) is 5.56 Å². The van der Waals surface area contributed by atoms with E-state index in [4.69, 9.17) is 0 Å². The van der Waals surface area contributed by atoms with Crippen LogP contribution in [0.15, 0.2) is 12.1 Å². The predicted octanol–water partition coefficient (Wildman–Crippen LogP) is 3.42. The van der Waals surface area contributed by atoms with Crippen LogP contribution < -0.4 is 5.32 Å². The second-order valence-corrected chi connectivity index (χ2v) is 7.11. The Balaban J connectivity index is 2.49.